The summed E-state index contributed by atoms with van der Waals surface area (Å²) < 4.78 is 0. The van der Waals surface area contributed by atoms with Crippen LogP contribution in [0.5, 0.6) is 0 Å². The summed E-state index contributed by atoms with van der Waals surface area (Å²) in [7, 11) is 0. The van der Waals surface area contributed by atoms with Gasteiger partial charge < -0.3 is 16.8 Å². The summed E-state index contributed by atoms with van der Waals surface area (Å²) in [6.45, 7) is 0.335. The van der Waals surface area contributed by atoms with Crippen molar-refractivity contribution in [2.45, 2.75) is 0 Å². The molecule has 0 aromatic rings. The predicted molar refractivity (Wildman–Crippen MR) is 36.3 cm³/mol. The van der Waals surface area contributed by atoms with E-state index in [4.69, 9.17) is 5.73 Å². The van der Waals surface area contributed by atoms with E-state index in [0.717, 1.165) is 0 Å². The summed E-state index contributed by atoms with van der Waals surface area (Å²) in [5.41, 5.74) is 11.2. The summed E-state index contributed by atoms with van der Waals surface area (Å²) in [4.78, 5) is 24.5. The number of carbonyl (C=O) groups is 2. The van der Waals surface area contributed by atoms with Crippen molar-refractivity contribution >= 4 is 12.1 Å². The molecule has 0 saturated heterocycles. The molecule has 0 aliphatic heterocycles. The standard InChI is InChI=1S/C4H10N4O3/c5-3(9)7-1-2-11-8-4(6)10/h1-2H2,(H3,5,7,9)(H3,6,8,10). The predicted octanol–water partition coefficient (Wildman–Crippen LogP) is -1.75. The van der Waals surface area contributed by atoms with Gasteiger partial charge in [-0.25, -0.2) is 15.1 Å². The Kier molecular flexibility index (Phi) is 4.58. The van der Waals surface area contributed by atoms with Gasteiger partial charge in [-0.15, -0.1) is 0 Å². The number of nitrogens with two attached hydrogens (primary N) is 2. The molecule has 0 unspecified atom stereocenters. The molecule has 0 aliphatic rings. The molecule has 0 bridgehead atoms. The monoisotopic (exact) mass is 162 g/mol. The minimum atomic E-state index is -0.788. The van der Waals surface area contributed by atoms with Crippen LogP contribution in [0.1, 0.15) is 0 Å². The molecular formula is C4H10N4O3. The lowest BCUT2D eigenvalue weighted by molar-refractivity contribution is 0.0674. The van der Waals surface area contributed by atoms with Crippen LogP contribution < -0.4 is 22.3 Å². The summed E-state index contributed by atoms with van der Waals surface area (Å²) in [6, 6.07) is -1.43. The molecule has 0 aliphatic carbocycles. The Morgan fingerprint density at radius 1 is 1.27 bits per heavy atom. The number of nitrogens with one attached hydrogen (secondary N) is 2. The normalized spacial score (nSPS) is 8.73. The fraction of sp³-hybridized carbons (Fsp3) is 0.500. The second-order valence-corrected chi connectivity index (χ2v) is 1.61. The van der Waals surface area contributed by atoms with E-state index in [0.29, 0.717) is 0 Å². The third kappa shape index (κ3) is 8.50. The fourth-order valence-corrected chi connectivity index (χ4v) is 0.347. The smallest absolute Gasteiger partial charge is 0.336 e. The summed E-state index contributed by atoms with van der Waals surface area (Å²) in [5.74, 6) is 0. The van der Waals surface area contributed by atoms with Gasteiger partial charge in [0.05, 0.1) is 6.61 Å². The average Bonchev–Trinajstić information content (AvgIpc) is 1.85. The van der Waals surface area contributed by atoms with Crippen LogP contribution in [0.4, 0.5) is 9.59 Å². The van der Waals surface area contributed by atoms with Gasteiger partial charge in [0.25, 0.3) is 0 Å². The molecule has 0 rings (SSSR count). The second-order valence-electron chi connectivity index (χ2n) is 1.61. The number of amides is 4. The topological polar surface area (TPSA) is 119 Å². The van der Waals surface area contributed by atoms with E-state index in [9.17, 15) is 9.59 Å². The molecule has 0 fully saturated rings. The molecule has 0 aromatic heterocycles. The van der Waals surface area contributed by atoms with E-state index in [1.807, 2.05) is 5.48 Å². The number of urea groups is 2. The lowest BCUT2D eigenvalue weighted by Gasteiger charge is -2.02. The molecule has 4 amide bonds. The van der Waals surface area contributed by atoms with Crippen LogP contribution >= 0.6 is 0 Å². The van der Waals surface area contributed by atoms with E-state index < -0.39 is 12.1 Å². The van der Waals surface area contributed by atoms with E-state index in [1.165, 1.54) is 0 Å². The van der Waals surface area contributed by atoms with Crippen LogP contribution in [0.15, 0.2) is 0 Å². The summed E-state index contributed by atoms with van der Waals surface area (Å²) in [6.07, 6.45) is 0. The van der Waals surface area contributed by atoms with Crippen LogP contribution in [-0.2, 0) is 4.84 Å². The van der Waals surface area contributed by atoms with Crippen molar-refractivity contribution in [2.75, 3.05) is 13.2 Å². The molecule has 0 saturated carbocycles. The lowest BCUT2D eigenvalue weighted by Crippen LogP contribution is -2.35. The highest BCUT2D eigenvalue weighted by molar-refractivity contribution is 5.71. The van der Waals surface area contributed by atoms with Gasteiger partial charge in [-0.2, -0.15) is 0 Å². The molecule has 0 radical (unpaired) electrons. The Morgan fingerprint density at radius 3 is 2.36 bits per heavy atom. The van der Waals surface area contributed by atoms with E-state index >= 15 is 0 Å². The zero-order valence-electron chi connectivity index (χ0n) is 5.79. The highest BCUT2D eigenvalue weighted by atomic mass is 16.7. The van der Waals surface area contributed by atoms with Crippen molar-refractivity contribution in [2.24, 2.45) is 11.5 Å². The number of rotatable bonds is 4. The van der Waals surface area contributed by atoms with Gasteiger partial charge in [-0.05, 0) is 0 Å². The first-order valence-electron chi connectivity index (χ1n) is 2.83. The Bertz CT molecular complexity index is 132. The number of hydrogen-bond donors (Lipinski definition) is 4. The number of carbonyl (C=O) groups excluding carboxylic acids is 2. The Labute approximate surface area is 63.0 Å². The van der Waals surface area contributed by atoms with E-state index in [-0.39, 0.29) is 13.2 Å². The molecule has 11 heavy (non-hydrogen) atoms. The molecular weight excluding hydrogens is 152 g/mol. The highest BCUT2D eigenvalue weighted by Gasteiger charge is 1.92. The van der Waals surface area contributed by atoms with E-state index in [2.05, 4.69) is 15.9 Å². The molecule has 7 heteroatoms. The zero-order valence-corrected chi connectivity index (χ0v) is 5.79. The number of hydroxylamine groups is 1. The summed E-state index contributed by atoms with van der Waals surface area (Å²) >= 11 is 0. The van der Waals surface area contributed by atoms with Gasteiger partial charge in [-0.1, -0.05) is 0 Å². The van der Waals surface area contributed by atoms with E-state index in [1.54, 1.807) is 0 Å². The van der Waals surface area contributed by atoms with Crippen LogP contribution in [0.2, 0.25) is 0 Å². The van der Waals surface area contributed by atoms with Crippen LogP contribution in [-0.4, -0.2) is 25.2 Å². The first-order chi connectivity index (χ1) is 5.13. The zero-order chi connectivity index (χ0) is 8.69. The lowest BCUT2D eigenvalue weighted by atomic mass is 10.7. The van der Waals surface area contributed by atoms with Gasteiger partial charge >= 0.3 is 12.1 Å². The molecule has 0 spiro atoms. The van der Waals surface area contributed by atoms with Crippen molar-refractivity contribution < 1.29 is 14.4 Å². The Balaban J connectivity index is 3.03. The Morgan fingerprint density at radius 2 is 1.91 bits per heavy atom. The highest BCUT2D eigenvalue weighted by Crippen LogP contribution is 1.65. The van der Waals surface area contributed by atoms with Crippen LogP contribution in [0, 0.1) is 0 Å². The third-order valence-corrected chi connectivity index (χ3v) is 0.676. The fourth-order valence-electron chi connectivity index (χ4n) is 0.347. The third-order valence-electron chi connectivity index (χ3n) is 0.676. The minimum Gasteiger partial charge on any atom is -0.352 e. The molecule has 7 nitrogen and oxygen atoms in total. The van der Waals surface area contributed by atoms with Crippen LogP contribution in [0.25, 0.3) is 0 Å². The van der Waals surface area contributed by atoms with Crippen molar-refractivity contribution in [3.05, 3.63) is 0 Å². The Hall–Kier alpha value is -1.50. The largest absolute Gasteiger partial charge is 0.352 e. The first kappa shape index (κ1) is 9.50. The summed E-state index contributed by atoms with van der Waals surface area (Å²) in [5, 5.41) is 2.24. The molecule has 64 valence electrons. The molecule has 6 N–H and O–H groups in total. The molecule has 0 heterocycles. The maximum absolute atomic E-state index is 10.0. The average molecular weight is 162 g/mol. The first-order valence-corrected chi connectivity index (χ1v) is 2.83. The molecule has 0 atom stereocenters. The second kappa shape index (κ2) is 5.30. The van der Waals surface area contributed by atoms with Crippen molar-refractivity contribution in [3.8, 4) is 0 Å². The van der Waals surface area contributed by atoms with Gasteiger partial charge in [-0.3, -0.25) is 4.84 Å². The number of primary amides is 2. The van der Waals surface area contributed by atoms with Gasteiger partial charge in [0.15, 0.2) is 0 Å². The van der Waals surface area contributed by atoms with Crippen molar-refractivity contribution in [1.29, 1.82) is 0 Å². The van der Waals surface area contributed by atoms with Crippen LogP contribution in [0.3, 0.4) is 0 Å². The maximum Gasteiger partial charge on any atom is 0.336 e. The maximum atomic E-state index is 10.0. The van der Waals surface area contributed by atoms with Gasteiger partial charge in [0, 0.05) is 6.54 Å². The van der Waals surface area contributed by atoms with Crippen molar-refractivity contribution in [3.63, 3.8) is 0 Å². The van der Waals surface area contributed by atoms with Gasteiger partial charge in [0.1, 0.15) is 0 Å². The quantitative estimate of drug-likeness (QED) is 0.290. The SMILES string of the molecule is NC(=O)NCCONC(N)=O. The molecule has 0 aromatic carbocycles. The minimum absolute atomic E-state index is 0.117. The number of hydrogen-bond acceptors (Lipinski definition) is 3. The van der Waals surface area contributed by atoms with Crippen molar-refractivity contribution in [1.82, 2.24) is 10.8 Å². The van der Waals surface area contributed by atoms with Gasteiger partial charge in [0.2, 0.25) is 0 Å².